The molecule has 0 aliphatic heterocycles. The van der Waals surface area contributed by atoms with Crippen LogP contribution < -0.4 is 10.5 Å². The summed E-state index contributed by atoms with van der Waals surface area (Å²) in [6, 6.07) is 1.77. The lowest BCUT2D eigenvalue weighted by Crippen LogP contribution is -2.03. The van der Waals surface area contributed by atoms with Crippen LogP contribution in [0.1, 0.15) is 10.6 Å². The van der Waals surface area contributed by atoms with E-state index in [-0.39, 0.29) is 0 Å². The quantitative estimate of drug-likeness (QED) is 0.881. The van der Waals surface area contributed by atoms with E-state index in [1.807, 2.05) is 12.4 Å². The Labute approximate surface area is 98.1 Å². The van der Waals surface area contributed by atoms with E-state index in [9.17, 15) is 0 Å². The Hall–Kier alpha value is -1.62. The van der Waals surface area contributed by atoms with E-state index >= 15 is 0 Å². The maximum atomic E-state index is 5.71. The number of anilines is 1. The highest BCUT2D eigenvalue weighted by molar-refractivity contribution is 7.09. The van der Waals surface area contributed by atoms with Gasteiger partial charge in [-0.15, -0.1) is 11.3 Å². The maximum absolute atomic E-state index is 5.71. The maximum Gasteiger partial charge on any atom is 0.145 e. The molecule has 2 N–H and O–H groups in total. The molecule has 2 heterocycles. The minimum atomic E-state index is 0.573. The summed E-state index contributed by atoms with van der Waals surface area (Å²) in [7, 11) is 0. The second-order valence-corrected chi connectivity index (χ2v) is 4.31. The van der Waals surface area contributed by atoms with Crippen LogP contribution in [-0.4, -0.2) is 16.6 Å². The lowest BCUT2D eigenvalue weighted by atomic mass is 10.3. The number of pyridine rings is 1. The molecular weight excluding hydrogens is 222 g/mol. The summed E-state index contributed by atoms with van der Waals surface area (Å²) in [5.41, 5.74) is 9.22. The van der Waals surface area contributed by atoms with Crippen molar-refractivity contribution in [1.82, 2.24) is 9.97 Å². The molecule has 0 bridgehead atoms. The monoisotopic (exact) mass is 235 g/mol. The molecule has 0 aromatic carbocycles. The van der Waals surface area contributed by atoms with Crippen molar-refractivity contribution in [2.75, 3.05) is 12.3 Å². The van der Waals surface area contributed by atoms with Crippen molar-refractivity contribution in [2.45, 2.75) is 13.3 Å². The van der Waals surface area contributed by atoms with Gasteiger partial charge in [0.2, 0.25) is 0 Å². The lowest BCUT2D eigenvalue weighted by molar-refractivity contribution is 0.324. The van der Waals surface area contributed by atoms with Crippen molar-refractivity contribution in [2.24, 2.45) is 0 Å². The van der Waals surface area contributed by atoms with Crippen LogP contribution in [-0.2, 0) is 6.42 Å². The van der Waals surface area contributed by atoms with E-state index in [2.05, 4.69) is 9.97 Å². The summed E-state index contributed by atoms with van der Waals surface area (Å²) in [5, 5.41) is 0. The van der Waals surface area contributed by atoms with Gasteiger partial charge in [-0.1, -0.05) is 0 Å². The molecule has 16 heavy (non-hydrogen) atoms. The van der Waals surface area contributed by atoms with Gasteiger partial charge < -0.3 is 10.5 Å². The van der Waals surface area contributed by atoms with Gasteiger partial charge in [0, 0.05) is 23.6 Å². The molecule has 4 nitrogen and oxygen atoms in total. The van der Waals surface area contributed by atoms with E-state index < -0.39 is 0 Å². The number of nitrogens with zero attached hydrogens (tertiary/aromatic N) is 2. The first kappa shape index (κ1) is 10.9. The van der Waals surface area contributed by atoms with E-state index in [0.29, 0.717) is 18.0 Å². The van der Waals surface area contributed by atoms with Crippen molar-refractivity contribution < 1.29 is 4.74 Å². The summed E-state index contributed by atoms with van der Waals surface area (Å²) in [6.07, 6.45) is 4.12. The number of rotatable bonds is 4. The first-order valence-corrected chi connectivity index (χ1v) is 5.86. The average molecular weight is 235 g/mol. The van der Waals surface area contributed by atoms with Crippen LogP contribution >= 0.6 is 11.3 Å². The van der Waals surface area contributed by atoms with Crippen molar-refractivity contribution in [3.8, 4) is 5.75 Å². The molecule has 0 spiro atoms. The molecule has 0 saturated carbocycles. The normalized spacial score (nSPS) is 10.3. The van der Waals surface area contributed by atoms with Crippen LogP contribution in [0.2, 0.25) is 0 Å². The molecule has 2 aromatic heterocycles. The first-order valence-electron chi connectivity index (χ1n) is 4.98. The lowest BCUT2D eigenvalue weighted by Gasteiger charge is -2.07. The number of aromatic nitrogens is 2. The Balaban J connectivity index is 1.89. The number of aryl methyl sites for hydroxylation is 1. The molecule has 2 rings (SSSR count). The molecule has 0 aliphatic rings. The van der Waals surface area contributed by atoms with Crippen LogP contribution in [0, 0.1) is 6.92 Å². The van der Waals surface area contributed by atoms with Crippen molar-refractivity contribution in [1.29, 1.82) is 0 Å². The Morgan fingerprint density at radius 3 is 3.06 bits per heavy atom. The van der Waals surface area contributed by atoms with Gasteiger partial charge in [0.05, 0.1) is 29.7 Å². The van der Waals surface area contributed by atoms with Gasteiger partial charge >= 0.3 is 0 Å². The molecule has 5 heteroatoms. The summed E-state index contributed by atoms with van der Waals surface area (Å²) in [6.45, 7) is 2.61. The highest BCUT2D eigenvalue weighted by Gasteiger charge is 2.03. The van der Waals surface area contributed by atoms with Gasteiger partial charge in [0.25, 0.3) is 0 Å². The third kappa shape index (κ3) is 2.49. The zero-order valence-electron chi connectivity index (χ0n) is 9.01. The largest absolute Gasteiger partial charge is 0.491 e. The fourth-order valence-electron chi connectivity index (χ4n) is 1.35. The summed E-state index contributed by atoms with van der Waals surface area (Å²) in [5.74, 6) is 0.692. The third-order valence-corrected chi connectivity index (χ3v) is 3.24. The van der Waals surface area contributed by atoms with Crippen LogP contribution in [0.25, 0.3) is 0 Å². The summed E-state index contributed by atoms with van der Waals surface area (Å²) < 4.78 is 5.58. The van der Waals surface area contributed by atoms with Gasteiger partial charge in [-0.05, 0) is 6.92 Å². The number of ether oxygens (including phenoxy) is 1. The number of hydrogen-bond acceptors (Lipinski definition) is 5. The van der Waals surface area contributed by atoms with E-state index in [1.54, 1.807) is 29.8 Å². The fraction of sp³-hybridized carbons (Fsp3) is 0.273. The highest BCUT2D eigenvalue weighted by atomic mass is 32.1. The zero-order chi connectivity index (χ0) is 11.4. The second kappa shape index (κ2) is 4.94. The molecule has 0 unspecified atom stereocenters. The van der Waals surface area contributed by atoms with Crippen LogP contribution in [0.4, 0.5) is 5.69 Å². The van der Waals surface area contributed by atoms with Crippen molar-refractivity contribution in [3.05, 3.63) is 34.5 Å². The third-order valence-electron chi connectivity index (χ3n) is 2.24. The minimum Gasteiger partial charge on any atom is -0.491 e. The van der Waals surface area contributed by atoms with E-state index in [1.165, 1.54) is 4.88 Å². The summed E-state index contributed by atoms with van der Waals surface area (Å²) >= 11 is 1.65. The van der Waals surface area contributed by atoms with E-state index in [4.69, 9.17) is 10.5 Å². The van der Waals surface area contributed by atoms with Crippen LogP contribution in [0.15, 0.2) is 24.0 Å². The summed E-state index contributed by atoms with van der Waals surface area (Å²) in [4.78, 5) is 9.35. The Morgan fingerprint density at radius 1 is 1.50 bits per heavy atom. The van der Waals surface area contributed by atoms with Crippen LogP contribution in [0.3, 0.4) is 0 Å². The second-order valence-electron chi connectivity index (χ2n) is 3.37. The minimum absolute atomic E-state index is 0.573. The molecule has 2 aromatic rings. The zero-order valence-corrected chi connectivity index (χ0v) is 9.83. The smallest absolute Gasteiger partial charge is 0.145 e. The Kier molecular flexibility index (Phi) is 3.36. The molecule has 0 radical (unpaired) electrons. The molecule has 0 amide bonds. The molecule has 0 saturated heterocycles. The van der Waals surface area contributed by atoms with Gasteiger partial charge in [-0.2, -0.15) is 0 Å². The molecule has 84 valence electrons. The van der Waals surface area contributed by atoms with Gasteiger partial charge in [-0.3, -0.25) is 4.98 Å². The van der Waals surface area contributed by atoms with Gasteiger partial charge in [0.15, 0.2) is 0 Å². The highest BCUT2D eigenvalue weighted by Crippen LogP contribution is 2.19. The topological polar surface area (TPSA) is 61.0 Å². The SMILES string of the molecule is Cc1ncsc1CCOc1ccncc1N. The number of nitrogen functional groups attached to an aromatic ring is 1. The Morgan fingerprint density at radius 2 is 2.38 bits per heavy atom. The van der Waals surface area contributed by atoms with E-state index in [0.717, 1.165) is 12.1 Å². The number of nitrogens with two attached hydrogens (primary N) is 1. The molecular formula is C11H13N3OS. The predicted molar refractivity (Wildman–Crippen MR) is 64.7 cm³/mol. The first-order chi connectivity index (χ1) is 7.77. The number of thiazole rings is 1. The van der Waals surface area contributed by atoms with Gasteiger partial charge in [-0.25, -0.2) is 4.98 Å². The number of hydrogen-bond donors (Lipinski definition) is 1. The van der Waals surface area contributed by atoms with Crippen molar-refractivity contribution in [3.63, 3.8) is 0 Å². The fourth-order valence-corrected chi connectivity index (χ4v) is 2.11. The van der Waals surface area contributed by atoms with Crippen LogP contribution in [0.5, 0.6) is 5.75 Å². The standard InChI is InChI=1S/C11H13N3OS/c1-8-11(16-7-14-8)3-5-15-10-2-4-13-6-9(10)12/h2,4,6-7H,3,5,12H2,1H3. The van der Waals surface area contributed by atoms with Gasteiger partial charge in [0.1, 0.15) is 5.75 Å². The average Bonchev–Trinajstić information content (AvgIpc) is 2.67. The molecule has 0 aliphatic carbocycles. The molecule has 0 fully saturated rings. The Bertz CT molecular complexity index is 470. The van der Waals surface area contributed by atoms with Crippen molar-refractivity contribution >= 4 is 17.0 Å². The predicted octanol–water partition coefficient (Wildman–Crippen LogP) is 2.05. The molecule has 0 atom stereocenters.